The van der Waals surface area contributed by atoms with Crippen LogP contribution in [0.5, 0.6) is 17.2 Å². The van der Waals surface area contributed by atoms with E-state index in [0.717, 1.165) is 40.8 Å². The molecule has 0 bridgehead atoms. The first-order valence-corrected chi connectivity index (χ1v) is 9.93. The number of phenolic OH excluding ortho intramolecular Hbond substituents is 2. The largest absolute Gasteiger partial charge is 0.508 e. The summed E-state index contributed by atoms with van der Waals surface area (Å²) in [4.78, 5) is 0. The SMILES string of the molecule is CC(C)=CCc1cc(C2CCc3ccc(O)cc3O2)cc(CC=C(C)C)c1O. The zero-order valence-electron chi connectivity index (χ0n) is 17.2. The topological polar surface area (TPSA) is 49.7 Å². The lowest BCUT2D eigenvalue weighted by Crippen LogP contribution is -2.15. The molecule has 0 amide bonds. The van der Waals surface area contributed by atoms with Crippen LogP contribution >= 0.6 is 0 Å². The minimum absolute atomic E-state index is 0.0780. The Morgan fingerprint density at radius 1 is 0.964 bits per heavy atom. The van der Waals surface area contributed by atoms with Crippen LogP contribution in [0.1, 0.15) is 62.5 Å². The second-order valence-electron chi connectivity index (χ2n) is 8.10. The van der Waals surface area contributed by atoms with E-state index in [9.17, 15) is 10.2 Å². The van der Waals surface area contributed by atoms with E-state index in [1.54, 1.807) is 12.1 Å². The number of hydrogen-bond acceptors (Lipinski definition) is 3. The lowest BCUT2D eigenvalue weighted by atomic mass is 9.92. The minimum Gasteiger partial charge on any atom is -0.508 e. The highest BCUT2D eigenvalue weighted by Gasteiger charge is 2.23. The molecule has 2 N–H and O–H groups in total. The molecule has 0 aliphatic carbocycles. The first-order chi connectivity index (χ1) is 13.3. The van der Waals surface area contributed by atoms with Gasteiger partial charge in [-0.2, -0.15) is 0 Å². The molecule has 0 aromatic heterocycles. The fraction of sp³-hybridized carbons (Fsp3) is 0.360. The Labute approximate surface area is 168 Å². The normalized spacial score (nSPS) is 15.4. The third-order valence-corrected chi connectivity index (χ3v) is 5.12. The number of aromatic hydroxyl groups is 2. The van der Waals surface area contributed by atoms with Gasteiger partial charge in [-0.25, -0.2) is 0 Å². The van der Waals surface area contributed by atoms with Crippen LogP contribution in [0.15, 0.2) is 53.6 Å². The Kier molecular flexibility index (Phi) is 6.13. The highest BCUT2D eigenvalue weighted by molar-refractivity contribution is 5.48. The smallest absolute Gasteiger partial charge is 0.127 e. The molecule has 0 spiro atoms. The number of hydrogen-bond donors (Lipinski definition) is 2. The molecule has 0 saturated heterocycles. The monoisotopic (exact) mass is 378 g/mol. The van der Waals surface area contributed by atoms with Gasteiger partial charge in [0.25, 0.3) is 0 Å². The molecular formula is C25H30O3. The number of allylic oxidation sites excluding steroid dienone is 4. The highest BCUT2D eigenvalue weighted by Crippen LogP contribution is 2.39. The Bertz CT molecular complexity index is 872. The van der Waals surface area contributed by atoms with Crippen molar-refractivity contribution in [2.75, 3.05) is 0 Å². The van der Waals surface area contributed by atoms with Crippen molar-refractivity contribution < 1.29 is 14.9 Å². The van der Waals surface area contributed by atoms with Gasteiger partial charge in [0.2, 0.25) is 0 Å². The molecule has 1 unspecified atom stereocenters. The molecule has 1 atom stereocenters. The van der Waals surface area contributed by atoms with Crippen LogP contribution in [0.4, 0.5) is 0 Å². The summed E-state index contributed by atoms with van der Waals surface area (Å²) in [5, 5.41) is 20.6. The summed E-state index contributed by atoms with van der Waals surface area (Å²) in [7, 11) is 0. The fourth-order valence-corrected chi connectivity index (χ4v) is 3.51. The number of rotatable bonds is 5. The van der Waals surface area contributed by atoms with Crippen molar-refractivity contribution in [3.63, 3.8) is 0 Å². The van der Waals surface area contributed by atoms with Gasteiger partial charge in [0.05, 0.1) is 0 Å². The van der Waals surface area contributed by atoms with Crippen LogP contribution < -0.4 is 4.74 Å². The average molecular weight is 379 g/mol. The van der Waals surface area contributed by atoms with Gasteiger partial charge in [-0.05, 0) is 93.8 Å². The summed E-state index contributed by atoms with van der Waals surface area (Å²) in [5.41, 5.74) is 6.54. The van der Waals surface area contributed by atoms with E-state index in [-0.39, 0.29) is 11.9 Å². The van der Waals surface area contributed by atoms with Crippen molar-refractivity contribution in [3.05, 3.63) is 75.9 Å². The van der Waals surface area contributed by atoms with Gasteiger partial charge in [-0.1, -0.05) is 29.4 Å². The number of fused-ring (bicyclic) bond motifs is 1. The molecule has 3 rings (SSSR count). The second-order valence-corrected chi connectivity index (χ2v) is 8.10. The zero-order chi connectivity index (χ0) is 20.3. The van der Waals surface area contributed by atoms with Crippen molar-refractivity contribution in [1.82, 2.24) is 0 Å². The van der Waals surface area contributed by atoms with E-state index in [1.165, 1.54) is 11.1 Å². The summed E-state index contributed by atoms with van der Waals surface area (Å²) < 4.78 is 6.23. The van der Waals surface area contributed by atoms with E-state index in [4.69, 9.17) is 4.74 Å². The molecule has 2 aromatic carbocycles. The molecule has 1 aliphatic heterocycles. The maximum absolute atomic E-state index is 10.8. The summed E-state index contributed by atoms with van der Waals surface area (Å²) in [6.07, 6.45) is 7.39. The van der Waals surface area contributed by atoms with Crippen molar-refractivity contribution in [2.24, 2.45) is 0 Å². The molecule has 148 valence electrons. The first kappa shape index (κ1) is 20.1. The molecule has 3 nitrogen and oxygen atoms in total. The van der Waals surface area contributed by atoms with Gasteiger partial charge in [-0.3, -0.25) is 0 Å². The summed E-state index contributed by atoms with van der Waals surface area (Å²) in [6.45, 7) is 8.27. The van der Waals surface area contributed by atoms with Crippen LogP contribution in [0.3, 0.4) is 0 Å². The van der Waals surface area contributed by atoms with Crippen molar-refractivity contribution in [1.29, 1.82) is 0 Å². The summed E-state index contributed by atoms with van der Waals surface area (Å²) in [5.74, 6) is 1.35. The zero-order valence-corrected chi connectivity index (χ0v) is 17.2. The third-order valence-electron chi connectivity index (χ3n) is 5.12. The van der Waals surface area contributed by atoms with Crippen molar-refractivity contribution >= 4 is 0 Å². The second kappa shape index (κ2) is 8.55. The van der Waals surface area contributed by atoms with Crippen LogP contribution in [-0.4, -0.2) is 10.2 Å². The van der Waals surface area contributed by atoms with Crippen LogP contribution in [0, 0.1) is 0 Å². The Morgan fingerprint density at radius 2 is 1.57 bits per heavy atom. The van der Waals surface area contributed by atoms with Gasteiger partial charge in [-0.15, -0.1) is 0 Å². The predicted octanol–water partition coefficient (Wildman–Crippen LogP) is 6.18. The van der Waals surface area contributed by atoms with Gasteiger partial charge in [0, 0.05) is 6.07 Å². The molecule has 3 heteroatoms. The Hall–Kier alpha value is -2.68. The maximum atomic E-state index is 10.8. The molecule has 1 heterocycles. The minimum atomic E-state index is -0.0780. The standard InChI is InChI=1S/C25H30O3/c1-16(2)5-7-19-13-21(14-20(25(19)27)8-6-17(3)4)23-12-10-18-9-11-22(26)15-24(18)28-23/h5-6,9,11,13-15,23,26-27H,7-8,10,12H2,1-4H3. The fourth-order valence-electron chi connectivity index (χ4n) is 3.51. The van der Waals surface area contributed by atoms with Gasteiger partial charge >= 0.3 is 0 Å². The quantitative estimate of drug-likeness (QED) is 0.611. The molecule has 2 aromatic rings. The van der Waals surface area contributed by atoms with E-state index in [1.807, 2.05) is 6.07 Å². The summed E-state index contributed by atoms with van der Waals surface area (Å²) >= 11 is 0. The number of ether oxygens (including phenoxy) is 1. The Morgan fingerprint density at radius 3 is 2.14 bits per heavy atom. The predicted molar refractivity (Wildman–Crippen MR) is 114 cm³/mol. The van der Waals surface area contributed by atoms with Crippen LogP contribution in [0.25, 0.3) is 0 Å². The van der Waals surface area contributed by atoms with Gasteiger partial charge < -0.3 is 14.9 Å². The van der Waals surface area contributed by atoms with E-state index in [2.05, 4.69) is 52.0 Å². The molecular weight excluding hydrogens is 348 g/mol. The third kappa shape index (κ3) is 4.78. The van der Waals surface area contributed by atoms with Gasteiger partial charge in [0.15, 0.2) is 0 Å². The maximum Gasteiger partial charge on any atom is 0.127 e. The van der Waals surface area contributed by atoms with Gasteiger partial charge in [0.1, 0.15) is 23.4 Å². The molecule has 0 saturated carbocycles. The molecule has 1 aliphatic rings. The van der Waals surface area contributed by atoms with Crippen molar-refractivity contribution in [3.8, 4) is 17.2 Å². The number of phenols is 2. The lowest BCUT2D eigenvalue weighted by molar-refractivity contribution is 0.175. The summed E-state index contributed by atoms with van der Waals surface area (Å²) in [6, 6.07) is 9.46. The molecule has 28 heavy (non-hydrogen) atoms. The Balaban J connectivity index is 1.97. The molecule has 0 fully saturated rings. The van der Waals surface area contributed by atoms with Crippen LogP contribution in [0.2, 0.25) is 0 Å². The molecule has 0 radical (unpaired) electrons. The van der Waals surface area contributed by atoms with E-state index >= 15 is 0 Å². The van der Waals surface area contributed by atoms with Crippen molar-refractivity contribution in [2.45, 2.75) is 59.5 Å². The first-order valence-electron chi connectivity index (χ1n) is 9.93. The van der Waals surface area contributed by atoms with E-state index < -0.39 is 0 Å². The van der Waals surface area contributed by atoms with Crippen LogP contribution in [-0.2, 0) is 19.3 Å². The average Bonchev–Trinajstić information content (AvgIpc) is 2.65. The van der Waals surface area contributed by atoms with E-state index in [0.29, 0.717) is 18.6 Å². The number of aryl methyl sites for hydroxylation is 1. The lowest BCUT2D eigenvalue weighted by Gasteiger charge is -2.27. The highest BCUT2D eigenvalue weighted by atomic mass is 16.5. The number of benzene rings is 2.